The third kappa shape index (κ3) is 3.87. The van der Waals surface area contributed by atoms with Crippen molar-refractivity contribution in [2.24, 2.45) is 0 Å². The lowest BCUT2D eigenvalue weighted by Gasteiger charge is -2.18. The third-order valence-corrected chi connectivity index (χ3v) is 2.09. The summed E-state index contributed by atoms with van der Waals surface area (Å²) >= 11 is 0. The number of rotatable bonds is 0. The lowest BCUT2D eigenvalue weighted by atomic mass is 10.1. The van der Waals surface area contributed by atoms with E-state index < -0.39 is 0 Å². The molecule has 2 heterocycles. The fourth-order valence-electron chi connectivity index (χ4n) is 1.37. The van der Waals surface area contributed by atoms with E-state index in [9.17, 15) is 5.11 Å². The number of aliphatic hydroxyl groups is 1. The molecule has 0 aliphatic carbocycles. The number of anilines is 3. The molecule has 1 aromatic rings. The van der Waals surface area contributed by atoms with Gasteiger partial charge in [0.1, 0.15) is 17.4 Å². The zero-order valence-electron chi connectivity index (χ0n) is 12.2. The quantitative estimate of drug-likeness (QED) is 0.574. The molecular weight excluding hydrogens is 242 g/mol. The van der Waals surface area contributed by atoms with Gasteiger partial charge in [-0.1, -0.05) is 33.8 Å². The molecule has 0 aromatic carbocycles. The van der Waals surface area contributed by atoms with Crippen molar-refractivity contribution in [2.75, 3.05) is 16.8 Å². The predicted octanol–water partition coefficient (Wildman–Crippen LogP) is 2.92. The van der Waals surface area contributed by atoms with Gasteiger partial charge in [-0.2, -0.15) is 9.97 Å². The van der Waals surface area contributed by atoms with Gasteiger partial charge >= 0.3 is 0 Å². The fraction of sp³-hybridized carbons (Fsp3) is 0.385. The molecule has 0 bridgehead atoms. The van der Waals surface area contributed by atoms with Crippen LogP contribution >= 0.6 is 0 Å². The molecular formula is C13H23N5O. The van der Waals surface area contributed by atoms with E-state index in [0.717, 1.165) is 0 Å². The number of hydrogen-bond donors (Lipinski definition) is 4. The van der Waals surface area contributed by atoms with Crippen LogP contribution in [-0.2, 0) is 0 Å². The Bertz CT molecular complexity index is 480. The normalized spacial score (nSPS) is 13.9. The molecule has 1 aliphatic rings. The molecule has 0 saturated carbocycles. The zero-order valence-corrected chi connectivity index (χ0v) is 12.2. The third-order valence-electron chi connectivity index (χ3n) is 2.09. The number of nitrogens with zero attached hydrogens (tertiary/aromatic N) is 2. The second-order valence-electron chi connectivity index (χ2n) is 3.09. The summed E-state index contributed by atoms with van der Waals surface area (Å²) in [4.78, 5) is 7.79. The first-order valence-electron chi connectivity index (χ1n) is 6.39. The van der Waals surface area contributed by atoms with Gasteiger partial charge in [0, 0.05) is 0 Å². The van der Waals surface area contributed by atoms with Crippen molar-refractivity contribution in [3.63, 3.8) is 0 Å². The molecule has 6 N–H and O–H groups in total. The molecule has 1 aromatic heterocycles. The van der Waals surface area contributed by atoms with Crippen LogP contribution in [-0.4, -0.2) is 15.1 Å². The topological polar surface area (TPSA) is 110 Å². The molecule has 0 atom stereocenters. The number of allylic oxidation sites excluding steroid dienone is 1. The highest BCUT2D eigenvalue weighted by molar-refractivity contribution is 5.80. The Labute approximate surface area is 114 Å². The Morgan fingerprint density at radius 3 is 2.26 bits per heavy atom. The first-order valence-corrected chi connectivity index (χ1v) is 6.39. The molecule has 0 radical (unpaired) electrons. The summed E-state index contributed by atoms with van der Waals surface area (Å²) < 4.78 is 0. The summed E-state index contributed by atoms with van der Waals surface area (Å²) in [7, 11) is 0. The number of aliphatic hydroxyl groups excluding tert-OH is 1. The number of aromatic nitrogens is 2. The molecule has 0 unspecified atom stereocenters. The van der Waals surface area contributed by atoms with Crippen LogP contribution in [0.4, 0.5) is 17.6 Å². The van der Waals surface area contributed by atoms with Gasteiger partial charge in [0.2, 0.25) is 5.95 Å². The van der Waals surface area contributed by atoms with E-state index in [4.69, 9.17) is 11.5 Å². The number of nitrogens with two attached hydrogens (primary N) is 2. The van der Waals surface area contributed by atoms with Crippen molar-refractivity contribution in [1.29, 1.82) is 0 Å². The number of nitrogens with one attached hydrogen (secondary N) is 1. The van der Waals surface area contributed by atoms with E-state index in [-0.39, 0.29) is 17.5 Å². The molecule has 1 aliphatic heterocycles. The molecule has 0 saturated heterocycles. The van der Waals surface area contributed by atoms with Crippen molar-refractivity contribution in [2.45, 2.75) is 34.6 Å². The lowest BCUT2D eigenvalue weighted by molar-refractivity contribution is 0.428. The van der Waals surface area contributed by atoms with Crippen LogP contribution in [0.2, 0.25) is 0 Å². The average Bonchev–Trinajstić information content (AvgIpc) is 2.43. The first-order chi connectivity index (χ1) is 9.11. The Kier molecular flexibility index (Phi) is 7.03. The number of hydrogen-bond acceptors (Lipinski definition) is 6. The second-order valence-corrected chi connectivity index (χ2v) is 3.09. The zero-order chi connectivity index (χ0) is 15.0. The van der Waals surface area contributed by atoms with Crippen molar-refractivity contribution >= 4 is 23.7 Å². The largest absolute Gasteiger partial charge is 0.506 e. The average molecular weight is 265 g/mol. The van der Waals surface area contributed by atoms with Crippen LogP contribution in [0.5, 0.6) is 0 Å². The first kappa shape index (κ1) is 16.8. The van der Waals surface area contributed by atoms with Crippen LogP contribution in [0, 0.1) is 0 Å². The second kappa shape index (κ2) is 7.97. The molecule has 0 spiro atoms. The van der Waals surface area contributed by atoms with E-state index in [1.54, 1.807) is 13.0 Å². The van der Waals surface area contributed by atoms with E-state index in [1.165, 1.54) is 6.08 Å². The summed E-state index contributed by atoms with van der Waals surface area (Å²) in [6, 6.07) is 0. The van der Waals surface area contributed by atoms with Crippen molar-refractivity contribution in [1.82, 2.24) is 9.97 Å². The predicted molar refractivity (Wildman–Crippen MR) is 81.5 cm³/mol. The molecule has 6 heteroatoms. The highest BCUT2D eigenvalue weighted by Crippen LogP contribution is 2.29. The smallest absolute Gasteiger partial charge is 0.223 e. The van der Waals surface area contributed by atoms with E-state index in [2.05, 4.69) is 15.3 Å². The highest BCUT2D eigenvalue weighted by atomic mass is 16.3. The maximum atomic E-state index is 9.60. The summed E-state index contributed by atoms with van der Waals surface area (Å²) in [5.74, 6) is 0.951. The van der Waals surface area contributed by atoms with Gasteiger partial charge in [0.15, 0.2) is 0 Å². The molecule has 0 amide bonds. The molecule has 2 rings (SSSR count). The summed E-state index contributed by atoms with van der Waals surface area (Å²) in [5.41, 5.74) is 12.2. The number of nitrogen functional groups attached to an aromatic ring is 2. The Morgan fingerprint density at radius 1 is 1.16 bits per heavy atom. The standard InChI is InChI=1S/C9H11N5O.2C2H6/c1-2-5-6(15)3-4-7(10)13-9(11)14-8(4)12-5;2*1-2/h2-3,15H,1H3,(H5,10,11,12,13,14);2*1-2H3/b5-2+;;. The van der Waals surface area contributed by atoms with E-state index in [1.807, 2.05) is 27.7 Å². The highest BCUT2D eigenvalue weighted by Gasteiger charge is 2.18. The maximum Gasteiger partial charge on any atom is 0.223 e. The van der Waals surface area contributed by atoms with E-state index >= 15 is 0 Å². The Hall–Kier alpha value is -2.24. The minimum absolute atomic E-state index is 0.101. The van der Waals surface area contributed by atoms with Gasteiger partial charge in [-0.05, 0) is 13.0 Å². The molecule has 106 valence electrons. The van der Waals surface area contributed by atoms with Crippen LogP contribution in [0.25, 0.3) is 6.08 Å². The minimum atomic E-state index is 0.101. The summed E-state index contributed by atoms with van der Waals surface area (Å²) in [5, 5.41) is 12.5. The van der Waals surface area contributed by atoms with Crippen LogP contribution in [0.15, 0.2) is 17.5 Å². The Balaban J connectivity index is 0.000000741. The fourth-order valence-corrected chi connectivity index (χ4v) is 1.37. The van der Waals surface area contributed by atoms with Crippen LogP contribution in [0.1, 0.15) is 40.2 Å². The maximum absolute atomic E-state index is 9.60. The van der Waals surface area contributed by atoms with Gasteiger partial charge in [0.25, 0.3) is 0 Å². The summed E-state index contributed by atoms with van der Waals surface area (Å²) in [6.45, 7) is 9.80. The van der Waals surface area contributed by atoms with Gasteiger partial charge < -0.3 is 21.9 Å². The SMILES string of the molecule is C/C=C1/Nc2nc(N)nc(N)c2C=C1O.CC.CC. The van der Waals surface area contributed by atoms with Gasteiger partial charge in [-0.15, -0.1) is 0 Å². The van der Waals surface area contributed by atoms with Gasteiger partial charge in [-0.25, -0.2) is 0 Å². The Morgan fingerprint density at radius 2 is 1.74 bits per heavy atom. The number of fused-ring (bicyclic) bond motifs is 1. The van der Waals surface area contributed by atoms with Gasteiger partial charge in [0.05, 0.1) is 11.3 Å². The van der Waals surface area contributed by atoms with Crippen LogP contribution < -0.4 is 16.8 Å². The summed E-state index contributed by atoms with van der Waals surface area (Å²) in [6.07, 6.45) is 3.24. The molecule has 6 nitrogen and oxygen atoms in total. The molecule has 19 heavy (non-hydrogen) atoms. The van der Waals surface area contributed by atoms with Crippen molar-refractivity contribution in [3.8, 4) is 0 Å². The lowest BCUT2D eigenvalue weighted by Crippen LogP contribution is -2.14. The van der Waals surface area contributed by atoms with Gasteiger partial charge in [-0.3, -0.25) is 0 Å². The van der Waals surface area contributed by atoms with Crippen LogP contribution in [0.3, 0.4) is 0 Å². The van der Waals surface area contributed by atoms with Crippen molar-refractivity contribution < 1.29 is 5.11 Å². The molecule has 0 fully saturated rings. The van der Waals surface area contributed by atoms with E-state index in [0.29, 0.717) is 17.1 Å². The monoisotopic (exact) mass is 265 g/mol. The minimum Gasteiger partial charge on any atom is -0.506 e. The van der Waals surface area contributed by atoms with Crippen molar-refractivity contribution in [3.05, 3.63) is 23.1 Å².